The van der Waals surface area contributed by atoms with Crippen molar-refractivity contribution in [2.45, 2.75) is 47.5 Å². The molecule has 206 valence electrons. The van der Waals surface area contributed by atoms with Crippen LogP contribution in [-0.4, -0.2) is 40.4 Å². The highest BCUT2D eigenvalue weighted by atomic mass is 35.5. The molecule has 1 amide bonds. The van der Waals surface area contributed by atoms with Crippen molar-refractivity contribution >= 4 is 33.0 Å². The number of fused-ring (bicyclic) bond motifs is 2. The Bertz CT molecular complexity index is 1520. The van der Waals surface area contributed by atoms with Gasteiger partial charge in [0.25, 0.3) is 5.91 Å². The molecule has 0 aliphatic heterocycles. The number of pyridine rings is 1. The fourth-order valence-corrected chi connectivity index (χ4v) is 8.25. The number of sulfone groups is 1. The number of carbonyl (C=O) groups excluding carboxylic acids is 1. The van der Waals surface area contributed by atoms with Gasteiger partial charge in [0.1, 0.15) is 17.5 Å². The lowest BCUT2D eigenvalue weighted by molar-refractivity contribution is -0.145. The molecule has 1 unspecified atom stereocenters. The zero-order chi connectivity index (χ0) is 28.1. The molecule has 2 saturated carbocycles. The number of aliphatic hydroxyl groups excluding tert-OH is 1. The molecule has 1 aromatic heterocycles. The van der Waals surface area contributed by atoms with Crippen LogP contribution in [0.2, 0.25) is 5.02 Å². The van der Waals surface area contributed by atoms with E-state index in [0.717, 1.165) is 30.5 Å². The molecule has 0 spiro atoms. The summed E-state index contributed by atoms with van der Waals surface area (Å²) in [5, 5.41) is 23.9. The largest absolute Gasteiger partial charge is 0.386 e. The SMILES string of the molecule is O=C(Nc1ccc(F)c(F)c1)c1ccc(Cl)c(S(=O)(=O)[C@@H]2CC3CC[C@@H](C2)[C@@]3(O)[C@H](O)c2ccc(F)cn2)c1. The molecule has 1 heterocycles. The summed E-state index contributed by atoms with van der Waals surface area (Å²) in [4.78, 5) is 16.4. The third-order valence-electron chi connectivity index (χ3n) is 7.85. The Balaban J connectivity index is 1.38. The Labute approximate surface area is 227 Å². The maximum absolute atomic E-state index is 13.7. The Morgan fingerprint density at radius 3 is 2.33 bits per heavy atom. The minimum Gasteiger partial charge on any atom is -0.386 e. The highest BCUT2D eigenvalue weighted by Crippen LogP contribution is 2.56. The number of anilines is 1. The van der Waals surface area contributed by atoms with Gasteiger partial charge in [-0.2, -0.15) is 0 Å². The quantitative estimate of drug-likeness (QED) is 0.384. The van der Waals surface area contributed by atoms with Gasteiger partial charge in [-0.25, -0.2) is 21.6 Å². The number of hydrogen-bond acceptors (Lipinski definition) is 6. The zero-order valence-corrected chi connectivity index (χ0v) is 21.9. The molecule has 5 rings (SSSR count). The number of aliphatic hydroxyl groups is 2. The van der Waals surface area contributed by atoms with Crippen LogP contribution in [0.5, 0.6) is 0 Å². The van der Waals surface area contributed by atoms with Crippen LogP contribution in [0, 0.1) is 29.3 Å². The Hall–Kier alpha value is -2.99. The van der Waals surface area contributed by atoms with Crippen molar-refractivity contribution < 1.29 is 36.6 Å². The standard InChI is InChI=1S/C27H24ClF3N2O5S/c28-20-6-1-14(26(35)33-18-5-7-21(30)22(31)12-18)9-24(20)39(37,38)19-10-15-2-3-16(11-19)27(15,36)25(34)23-8-4-17(29)13-32-23/h1,4-9,12-13,15-16,19,25,34,36H,2-3,10-11H2,(H,33,35)/t15-,16?,19-,25+,27-/m0/s1. The first-order chi connectivity index (χ1) is 18.4. The molecule has 5 atom stereocenters. The number of carbonyl (C=O) groups is 1. The average molecular weight is 581 g/mol. The van der Waals surface area contributed by atoms with Crippen molar-refractivity contribution in [3.63, 3.8) is 0 Å². The number of hydrogen-bond donors (Lipinski definition) is 3. The van der Waals surface area contributed by atoms with Gasteiger partial charge in [-0.1, -0.05) is 11.6 Å². The van der Waals surface area contributed by atoms with Crippen molar-refractivity contribution in [3.8, 4) is 0 Å². The number of amides is 1. The first kappa shape index (κ1) is 27.6. The maximum atomic E-state index is 13.7. The molecular formula is C27H24ClF3N2O5S. The van der Waals surface area contributed by atoms with Crippen molar-refractivity contribution in [1.29, 1.82) is 0 Å². The molecule has 2 aliphatic rings. The number of nitrogens with zero attached hydrogens (tertiary/aromatic N) is 1. The summed E-state index contributed by atoms with van der Waals surface area (Å²) in [5.74, 6) is -4.72. The van der Waals surface area contributed by atoms with Crippen LogP contribution in [-0.2, 0) is 9.84 Å². The molecule has 7 nitrogen and oxygen atoms in total. The molecular weight excluding hydrogens is 557 g/mol. The summed E-state index contributed by atoms with van der Waals surface area (Å²) in [5.41, 5.74) is -1.61. The van der Waals surface area contributed by atoms with Gasteiger partial charge in [0.2, 0.25) is 0 Å². The first-order valence-corrected chi connectivity index (χ1v) is 14.2. The fraction of sp³-hybridized carbons (Fsp3) is 0.333. The van der Waals surface area contributed by atoms with E-state index >= 15 is 0 Å². The van der Waals surface area contributed by atoms with Gasteiger partial charge in [-0.05, 0) is 80.0 Å². The van der Waals surface area contributed by atoms with Crippen molar-refractivity contribution in [2.75, 3.05) is 5.32 Å². The van der Waals surface area contributed by atoms with E-state index in [1.54, 1.807) is 0 Å². The number of nitrogens with one attached hydrogen (secondary N) is 1. The Morgan fingerprint density at radius 1 is 1.03 bits per heavy atom. The van der Waals surface area contributed by atoms with Crippen LogP contribution in [0.15, 0.2) is 59.6 Å². The van der Waals surface area contributed by atoms with E-state index in [4.69, 9.17) is 11.6 Å². The van der Waals surface area contributed by atoms with E-state index in [1.165, 1.54) is 24.3 Å². The van der Waals surface area contributed by atoms with Crippen LogP contribution >= 0.6 is 11.6 Å². The predicted molar refractivity (Wildman–Crippen MR) is 136 cm³/mol. The molecule has 2 bridgehead atoms. The average Bonchev–Trinajstić information content (AvgIpc) is 3.06. The van der Waals surface area contributed by atoms with Gasteiger partial charge in [0.15, 0.2) is 21.5 Å². The van der Waals surface area contributed by atoms with E-state index in [2.05, 4.69) is 10.3 Å². The van der Waals surface area contributed by atoms with E-state index in [0.29, 0.717) is 12.8 Å². The third kappa shape index (κ3) is 4.93. The van der Waals surface area contributed by atoms with Crippen molar-refractivity contribution in [3.05, 3.63) is 88.5 Å². The third-order valence-corrected chi connectivity index (χ3v) is 10.5. The summed E-state index contributed by atoms with van der Waals surface area (Å²) < 4.78 is 67.5. The van der Waals surface area contributed by atoms with Crippen LogP contribution in [0.25, 0.3) is 0 Å². The molecule has 0 saturated heterocycles. The second-order valence-electron chi connectivity index (χ2n) is 10.0. The summed E-state index contributed by atoms with van der Waals surface area (Å²) >= 11 is 6.26. The number of aromatic nitrogens is 1. The molecule has 12 heteroatoms. The Morgan fingerprint density at radius 2 is 1.72 bits per heavy atom. The minimum atomic E-state index is -4.09. The van der Waals surface area contributed by atoms with Crippen LogP contribution in [0.1, 0.15) is 47.8 Å². The highest BCUT2D eigenvalue weighted by Gasteiger charge is 2.59. The van der Waals surface area contributed by atoms with E-state index < -0.39 is 62.0 Å². The topological polar surface area (TPSA) is 117 Å². The normalized spacial score (nSPS) is 25.3. The minimum absolute atomic E-state index is 0.0180. The molecule has 3 N–H and O–H groups in total. The molecule has 39 heavy (non-hydrogen) atoms. The number of rotatable bonds is 6. The van der Waals surface area contributed by atoms with E-state index in [9.17, 15) is 36.6 Å². The van der Waals surface area contributed by atoms with Crippen LogP contribution in [0.4, 0.5) is 18.9 Å². The van der Waals surface area contributed by atoms with Gasteiger partial charge in [-0.15, -0.1) is 0 Å². The molecule has 2 aromatic carbocycles. The lowest BCUT2D eigenvalue weighted by Crippen LogP contribution is -2.52. The van der Waals surface area contributed by atoms with Gasteiger partial charge < -0.3 is 15.5 Å². The van der Waals surface area contributed by atoms with Crippen molar-refractivity contribution in [1.82, 2.24) is 4.98 Å². The molecule has 2 aliphatic carbocycles. The smallest absolute Gasteiger partial charge is 0.255 e. The second-order valence-corrected chi connectivity index (χ2v) is 12.6. The van der Waals surface area contributed by atoms with Gasteiger partial charge >= 0.3 is 0 Å². The zero-order valence-electron chi connectivity index (χ0n) is 20.3. The molecule has 3 aromatic rings. The lowest BCUT2D eigenvalue weighted by atomic mass is 9.70. The van der Waals surface area contributed by atoms with E-state index in [1.807, 2.05) is 0 Å². The fourth-order valence-electron chi connectivity index (χ4n) is 5.85. The second kappa shape index (κ2) is 10.2. The maximum Gasteiger partial charge on any atom is 0.255 e. The summed E-state index contributed by atoms with van der Waals surface area (Å²) in [6, 6.07) is 8.95. The first-order valence-electron chi connectivity index (χ1n) is 12.2. The molecule has 2 fully saturated rings. The van der Waals surface area contributed by atoms with Gasteiger partial charge in [0, 0.05) is 17.3 Å². The Kier molecular flexibility index (Phi) is 7.21. The van der Waals surface area contributed by atoms with Gasteiger partial charge in [0.05, 0.1) is 27.1 Å². The monoisotopic (exact) mass is 580 g/mol. The summed E-state index contributed by atoms with van der Waals surface area (Å²) in [7, 11) is -4.09. The summed E-state index contributed by atoms with van der Waals surface area (Å²) in [6.07, 6.45) is 0.555. The number of halogens is 4. The van der Waals surface area contributed by atoms with Crippen LogP contribution < -0.4 is 5.32 Å². The molecule has 0 radical (unpaired) electrons. The highest BCUT2D eigenvalue weighted by molar-refractivity contribution is 7.92. The summed E-state index contributed by atoms with van der Waals surface area (Å²) in [6.45, 7) is 0. The van der Waals surface area contributed by atoms with Crippen molar-refractivity contribution in [2.24, 2.45) is 11.8 Å². The number of benzene rings is 2. The van der Waals surface area contributed by atoms with Gasteiger partial charge in [-0.3, -0.25) is 9.78 Å². The lowest BCUT2D eigenvalue weighted by Gasteiger charge is -2.45. The van der Waals surface area contributed by atoms with Crippen LogP contribution in [0.3, 0.4) is 0 Å². The van der Waals surface area contributed by atoms with E-state index in [-0.39, 0.29) is 39.7 Å². The predicted octanol–water partition coefficient (Wildman–Crippen LogP) is 4.83.